The molecule has 0 amide bonds. The second-order valence-electron chi connectivity index (χ2n) is 7.61. The normalized spacial score (nSPS) is 20.9. The fraction of sp³-hybridized carbons (Fsp3) is 0.333. The van der Waals surface area contributed by atoms with Crippen molar-refractivity contribution in [3.05, 3.63) is 59.1 Å². The molecule has 7 heteroatoms. The number of rotatable bonds is 4. The topological polar surface area (TPSA) is 67.4 Å². The van der Waals surface area contributed by atoms with E-state index in [2.05, 4.69) is 23.0 Å². The van der Waals surface area contributed by atoms with Crippen molar-refractivity contribution in [3.8, 4) is 5.75 Å². The molecule has 1 atom stereocenters. The number of hydrogen-bond acceptors (Lipinski definition) is 4. The van der Waals surface area contributed by atoms with Crippen LogP contribution < -0.4 is 14.8 Å². The quantitative estimate of drug-likeness (QED) is 0.776. The highest BCUT2D eigenvalue weighted by atomic mass is 35.5. The van der Waals surface area contributed by atoms with Gasteiger partial charge in [0.2, 0.25) is 0 Å². The summed E-state index contributed by atoms with van der Waals surface area (Å²) in [5.74, 6) is 0.779. The van der Waals surface area contributed by atoms with Crippen LogP contribution in [0, 0.1) is 5.41 Å². The van der Waals surface area contributed by atoms with Crippen LogP contribution in [0.25, 0.3) is 6.08 Å². The van der Waals surface area contributed by atoms with Crippen LogP contribution in [0.5, 0.6) is 5.75 Å². The van der Waals surface area contributed by atoms with Crippen LogP contribution >= 0.6 is 11.6 Å². The molecule has 0 aliphatic carbocycles. The monoisotopic (exact) mass is 418 g/mol. The van der Waals surface area contributed by atoms with Gasteiger partial charge in [-0.3, -0.25) is 4.72 Å². The number of piperidine rings is 1. The third-order valence-corrected chi connectivity index (χ3v) is 7.17. The van der Waals surface area contributed by atoms with Crippen molar-refractivity contribution in [3.63, 3.8) is 0 Å². The second-order valence-corrected chi connectivity index (χ2v) is 9.73. The lowest BCUT2D eigenvalue weighted by Gasteiger charge is -2.40. The highest BCUT2D eigenvalue weighted by Gasteiger charge is 2.37. The lowest BCUT2D eigenvalue weighted by Crippen LogP contribution is -2.44. The molecular formula is C21H23ClN2O3S. The van der Waals surface area contributed by atoms with Gasteiger partial charge >= 0.3 is 0 Å². The summed E-state index contributed by atoms with van der Waals surface area (Å²) in [6, 6.07) is 11.4. The molecule has 1 fully saturated rings. The molecule has 2 N–H and O–H groups in total. The van der Waals surface area contributed by atoms with Gasteiger partial charge in [0.15, 0.2) is 0 Å². The molecule has 2 heterocycles. The van der Waals surface area contributed by atoms with Gasteiger partial charge in [0.1, 0.15) is 11.9 Å². The van der Waals surface area contributed by atoms with E-state index in [1.807, 2.05) is 12.1 Å². The average Bonchev–Trinajstić information content (AvgIpc) is 2.68. The summed E-state index contributed by atoms with van der Waals surface area (Å²) in [6.07, 6.45) is 6.27. The first kappa shape index (κ1) is 19.3. The van der Waals surface area contributed by atoms with Crippen LogP contribution in [0.1, 0.15) is 25.3 Å². The van der Waals surface area contributed by atoms with Gasteiger partial charge in [-0.25, -0.2) is 8.42 Å². The minimum absolute atomic E-state index is 0.0266. The summed E-state index contributed by atoms with van der Waals surface area (Å²) in [4.78, 5) is 0.167. The maximum absolute atomic E-state index is 12.6. The standard InChI is InChI=1S/C21H23ClN2O3S/c1-21(10-12-23-13-11-21)20-9-2-15-14-17(5-8-19(15)27-20)24-28(25,26)18-6-3-16(22)4-7-18/h2-9,14,20,23-24H,10-13H2,1H3. The van der Waals surface area contributed by atoms with Crippen LogP contribution in [0.2, 0.25) is 5.02 Å². The summed E-state index contributed by atoms with van der Waals surface area (Å²) in [7, 11) is -3.67. The van der Waals surface area contributed by atoms with Gasteiger partial charge in [-0.1, -0.05) is 24.6 Å². The third-order valence-electron chi connectivity index (χ3n) is 5.52. The van der Waals surface area contributed by atoms with E-state index in [-0.39, 0.29) is 16.4 Å². The van der Waals surface area contributed by atoms with Crippen molar-refractivity contribution in [2.45, 2.75) is 30.8 Å². The smallest absolute Gasteiger partial charge is 0.261 e. The SMILES string of the molecule is CC1(C2C=Cc3cc(NS(=O)(=O)c4ccc(Cl)cc4)ccc3O2)CCNCC1. The molecule has 28 heavy (non-hydrogen) atoms. The van der Waals surface area contributed by atoms with Gasteiger partial charge in [-0.15, -0.1) is 0 Å². The predicted molar refractivity (Wildman–Crippen MR) is 112 cm³/mol. The van der Waals surface area contributed by atoms with Gasteiger partial charge in [0, 0.05) is 21.7 Å². The van der Waals surface area contributed by atoms with Crippen LogP contribution in [0.15, 0.2) is 53.4 Å². The summed E-state index contributed by atoms with van der Waals surface area (Å²) in [6.45, 7) is 4.27. The predicted octanol–water partition coefficient (Wildman–Crippen LogP) is 4.30. The van der Waals surface area contributed by atoms with Crippen LogP contribution in [0.3, 0.4) is 0 Å². The molecule has 0 bridgehead atoms. The summed E-state index contributed by atoms with van der Waals surface area (Å²) < 4.78 is 34.0. The number of ether oxygens (including phenoxy) is 1. The van der Waals surface area contributed by atoms with Gasteiger partial charge in [0.25, 0.3) is 10.0 Å². The van der Waals surface area contributed by atoms with E-state index in [0.29, 0.717) is 10.7 Å². The largest absolute Gasteiger partial charge is 0.485 e. The highest BCUT2D eigenvalue weighted by molar-refractivity contribution is 7.92. The fourth-order valence-corrected chi connectivity index (χ4v) is 4.88. The number of halogens is 1. The molecule has 2 aromatic carbocycles. The number of sulfonamides is 1. The first-order chi connectivity index (χ1) is 13.4. The third kappa shape index (κ3) is 3.90. The molecule has 0 radical (unpaired) electrons. The Morgan fingerprint density at radius 2 is 1.86 bits per heavy atom. The van der Waals surface area contributed by atoms with Gasteiger partial charge in [0.05, 0.1) is 4.90 Å². The lowest BCUT2D eigenvalue weighted by molar-refractivity contribution is 0.0665. The first-order valence-electron chi connectivity index (χ1n) is 9.34. The first-order valence-corrected chi connectivity index (χ1v) is 11.2. The van der Waals surface area contributed by atoms with Crippen molar-refractivity contribution in [2.24, 2.45) is 5.41 Å². The van der Waals surface area contributed by atoms with E-state index in [4.69, 9.17) is 16.3 Å². The van der Waals surface area contributed by atoms with Crippen LogP contribution in [-0.4, -0.2) is 27.6 Å². The van der Waals surface area contributed by atoms with E-state index in [0.717, 1.165) is 37.2 Å². The van der Waals surface area contributed by atoms with E-state index >= 15 is 0 Å². The van der Waals surface area contributed by atoms with Gasteiger partial charge in [-0.2, -0.15) is 0 Å². The average molecular weight is 419 g/mol. The van der Waals surface area contributed by atoms with Crippen molar-refractivity contribution in [1.82, 2.24) is 5.32 Å². The Labute approximate surface area is 170 Å². The molecule has 2 aromatic rings. The number of anilines is 1. The Bertz CT molecular complexity index is 997. The molecule has 0 spiro atoms. The molecule has 5 nitrogen and oxygen atoms in total. The molecule has 4 rings (SSSR count). The molecule has 2 aliphatic heterocycles. The molecule has 2 aliphatic rings. The zero-order valence-electron chi connectivity index (χ0n) is 15.6. The minimum Gasteiger partial charge on any atom is -0.485 e. The van der Waals surface area contributed by atoms with E-state index in [9.17, 15) is 8.42 Å². The zero-order valence-corrected chi connectivity index (χ0v) is 17.2. The Balaban J connectivity index is 1.53. The van der Waals surface area contributed by atoms with Crippen molar-refractivity contribution < 1.29 is 13.2 Å². The highest BCUT2D eigenvalue weighted by Crippen LogP contribution is 2.39. The van der Waals surface area contributed by atoms with E-state index in [1.54, 1.807) is 24.3 Å². The summed E-state index contributed by atoms with van der Waals surface area (Å²) in [5, 5.41) is 3.88. The maximum atomic E-state index is 12.6. The molecule has 148 valence electrons. The van der Waals surface area contributed by atoms with Crippen molar-refractivity contribution >= 4 is 33.4 Å². The number of nitrogens with one attached hydrogen (secondary N) is 2. The molecule has 0 aromatic heterocycles. The summed E-state index contributed by atoms with van der Waals surface area (Å²) >= 11 is 5.84. The van der Waals surface area contributed by atoms with Gasteiger partial charge < -0.3 is 10.1 Å². The Morgan fingerprint density at radius 3 is 2.57 bits per heavy atom. The fourth-order valence-electron chi connectivity index (χ4n) is 3.70. The Hall–Kier alpha value is -2.02. The number of benzene rings is 2. The second kappa shape index (κ2) is 7.43. The number of hydrogen-bond donors (Lipinski definition) is 2. The van der Waals surface area contributed by atoms with E-state index in [1.165, 1.54) is 12.1 Å². The maximum Gasteiger partial charge on any atom is 0.261 e. The van der Waals surface area contributed by atoms with E-state index < -0.39 is 10.0 Å². The Morgan fingerprint density at radius 1 is 1.14 bits per heavy atom. The van der Waals surface area contributed by atoms with Crippen molar-refractivity contribution in [2.75, 3.05) is 17.8 Å². The van der Waals surface area contributed by atoms with Crippen LogP contribution in [-0.2, 0) is 10.0 Å². The zero-order chi connectivity index (χ0) is 19.8. The molecular weight excluding hydrogens is 396 g/mol. The van der Waals surface area contributed by atoms with Gasteiger partial charge in [-0.05, 0) is 74.5 Å². The lowest BCUT2D eigenvalue weighted by atomic mass is 9.75. The minimum atomic E-state index is -3.67. The van der Waals surface area contributed by atoms with Crippen molar-refractivity contribution in [1.29, 1.82) is 0 Å². The molecule has 1 saturated heterocycles. The van der Waals surface area contributed by atoms with Crippen LogP contribution in [0.4, 0.5) is 5.69 Å². The molecule has 0 saturated carbocycles. The summed E-state index contributed by atoms with van der Waals surface area (Å²) in [5.41, 5.74) is 1.47. The Kier molecular flexibility index (Phi) is 5.12. The molecule has 1 unspecified atom stereocenters. The number of fused-ring (bicyclic) bond motifs is 1.